The van der Waals surface area contributed by atoms with Crippen LogP contribution in [0.3, 0.4) is 0 Å². The van der Waals surface area contributed by atoms with Crippen molar-refractivity contribution in [3.8, 4) is 0 Å². The lowest BCUT2D eigenvalue weighted by molar-refractivity contribution is 0.0702. The molecule has 1 heterocycles. The van der Waals surface area contributed by atoms with Crippen molar-refractivity contribution in [1.82, 2.24) is 0 Å². The van der Waals surface area contributed by atoms with Gasteiger partial charge in [0, 0.05) is 0 Å². The highest BCUT2D eigenvalue weighted by Gasteiger charge is 2.18. The fourth-order valence-corrected chi connectivity index (χ4v) is 2.84. The number of primary sulfonamides is 1. The van der Waals surface area contributed by atoms with Gasteiger partial charge in [-0.15, -0.1) is 11.3 Å². The Morgan fingerprint density at radius 3 is 2.38 bits per heavy atom. The van der Waals surface area contributed by atoms with Crippen LogP contribution in [-0.4, -0.2) is 19.5 Å². The number of nitrogens with two attached hydrogens (primary N) is 1. The first kappa shape index (κ1) is 10.2. The zero-order chi connectivity index (χ0) is 10.2. The van der Waals surface area contributed by atoms with Crippen molar-refractivity contribution in [3.05, 3.63) is 16.5 Å². The van der Waals surface area contributed by atoms with Crippen LogP contribution in [0.2, 0.25) is 0 Å². The molecule has 3 N–H and O–H groups in total. The fraction of sp³-hybridized carbons (Fsp3) is 0.167. The number of sulfonamides is 1. The van der Waals surface area contributed by atoms with Crippen molar-refractivity contribution in [2.45, 2.75) is 11.1 Å². The summed E-state index contributed by atoms with van der Waals surface area (Å²) >= 11 is 0.662. The van der Waals surface area contributed by atoms with E-state index in [1.54, 1.807) is 0 Å². The molecule has 1 aromatic heterocycles. The number of rotatable bonds is 2. The molecule has 0 aliphatic rings. The van der Waals surface area contributed by atoms with E-state index >= 15 is 0 Å². The van der Waals surface area contributed by atoms with Crippen LogP contribution < -0.4 is 5.14 Å². The van der Waals surface area contributed by atoms with E-state index < -0.39 is 16.0 Å². The van der Waals surface area contributed by atoms with Gasteiger partial charge in [-0.2, -0.15) is 0 Å². The maximum Gasteiger partial charge on any atom is 0.345 e. The van der Waals surface area contributed by atoms with Crippen molar-refractivity contribution >= 4 is 27.3 Å². The smallest absolute Gasteiger partial charge is 0.345 e. The molecular formula is C6H7NO4S2. The van der Waals surface area contributed by atoms with Crippen LogP contribution in [-0.2, 0) is 10.0 Å². The minimum atomic E-state index is -3.79. The Hall–Kier alpha value is -0.920. The van der Waals surface area contributed by atoms with Crippen LogP contribution in [0.1, 0.15) is 15.2 Å². The lowest BCUT2D eigenvalue weighted by atomic mass is 10.3. The molecule has 0 spiro atoms. The van der Waals surface area contributed by atoms with E-state index in [2.05, 4.69) is 0 Å². The zero-order valence-electron chi connectivity index (χ0n) is 6.64. The van der Waals surface area contributed by atoms with Gasteiger partial charge in [0.25, 0.3) is 0 Å². The highest BCUT2D eigenvalue weighted by atomic mass is 32.2. The topological polar surface area (TPSA) is 97.5 Å². The number of hydrogen-bond donors (Lipinski definition) is 2. The molecule has 0 aromatic carbocycles. The SMILES string of the molecule is Cc1cc(C(=O)O)sc1S(N)(=O)=O. The van der Waals surface area contributed by atoms with E-state index in [4.69, 9.17) is 10.2 Å². The van der Waals surface area contributed by atoms with E-state index in [-0.39, 0.29) is 9.09 Å². The molecule has 0 atom stereocenters. The number of aryl methyl sites for hydroxylation is 1. The normalized spacial score (nSPS) is 11.5. The van der Waals surface area contributed by atoms with Crippen LogP contribution >= 0.6 is 11.3 Å². The molecule has 72 valence electrons. The summed E-state index contributed by atoms with van der Waals surface area (Å²) in [6.45, 7) is 1.50. The van der Waals surface area contributed by atoms with Gasteiger partial charge in [-0.25, -0.2) is 18.4 Å². The summed E-state index contributed by atoms with van der Waals surface area (Å²) in [6.07, 6.45) is 0. The van der Waals surface area contributed by atoms with Crippen molar-refractivity contribution in [3.63, 3.8) is 0 Å². The molecule has 13 heavy (non-hydrogen) atoms. The molecule has 5 nitrogen and oxygen atoms in total. The Balaban J connectivity index is 3.35. The number of carbonyl (C=O) groups is 1. The molecule has 0 bridgehead atoms. The highest BCUT2D eigenvalue weighted by Crippen LogP contribution is 2.25. The molecule has 0 fully saturated rings. The Bertz CT molecular complexity index is 445. The van der Waals surface area contributed by atoms with Crippen molar-refractivity contribution in [2.75, 3.05) is 0 Å². The third kappa shape index (κ3) is 2.06. The summed E-state index contributed by atoms with van der Waals surface area (Å²) in [5.74, 6) is -1.15. The molecule has 0 unspecified atom stereocenters. The third-order valence-electron chi connectivity index (χ3n) is 1.34. The number of carboxylic acids is 1. The maximum atomic E-state index is 10.9. The Kier molecular flexibility index (Phi) is 2.42. The van der Waals surface area contributed by atoms with Gasteiger partial charge in [0.15, 0.2) is 0 Å². The lowest BCUT2D eigenvalue weighted by Gasteiger charge is -1.92. The maximum absolute atomic E-state index is 10.9. The van der Waals surface area contributed by atoms with Gasteiger partial charge >= 0.3 is 5.97 Å². The summed E-state index contributed by atoms with van der Waals surface area (Å²) in [5, 5.41) is 13.4. The quantitative estimate of drug-likeness (QED) is 0.755. The fourth-order valence-electron chi connectivity index (χ4n) is 0.853. The number of thiophene rings is 1. The van der Waals surface area contributed by atoms with Crippen LogP contribution in [0, 0.1) is 6.92 Å². The summed E-state index contributed by atoms with van der Waals surface area (Å²) < 4.78 is 21.7. The molecular weight excluding hydrogens is 214 g/mol. The van der Waals surface area contributed by atoms with Crippen molar-refractivity contribution < 1.29 is 18.3 Å². The summed E-state index contributed by atoms with van der Waals surface area (Å²) in [7, 11) is -3.79. The van der Waals surface area contributed by atoms with Crippen LogP contribution in [0.25, 0.3) is 0 Å². The van der Waals surface area contributed by atoms with E-state index in [1.165, 1.54) is 13.0 Å². The second kappa shape index (κ2) is 3.09. The average Bonchev–Trinajstić information content (AvgIpc) is 2.29. The standard InChI is InChI=1S/C6H7NO4S2/c1-3-2-4(5(8)9)12-6(3)13(7,10)11/h2H,1H3,(H,8,9)(H2,7,10,11). The van der Waals surface area contributed by atoms with Crippen LogP contribution in [0.5, 0.6) is 0 Å². The number of carboxylic acid groups (broad SMARTS) is 1. The second-order valence-corrected chi connectivity index (χ2v) is 5.24. The van der Waals surface area contributed by atoms with Gasteiger partial charge in [-0.1, -0.05) is 0 Å². The Morgan fingerprint density at radius 2 is 2.15 bits per heavy atom. The van der Waals surface area contributed by atoms with Gasteiger partial charge < -0.3 is 5.11 Å². The predicted octanol–water partition coefficient (Wildman–Crippen LogP) is 0.402. The highest BCUT2D eigenvalue weighted by molar-refractivity contribution is 7.91. The summed E-state index contributed by atoms with van der Waals surface area (Å²) in [5.41, 5.74) is 0.366. The van der Waals surface area contributed by atoms with Gasteiger partial charge in [-0.3, -0.25) is 0 Å². The summed E-state index contributed by atoms with van der Waals surface area (Å²) in [6, 6.07) is 1.28. The minimum Gasteiger partial charge on any atom is -0.477 e. The van der Waals surface area contributed by atoms with E-state index in [0.717, 1.165) is 0 Å². The first-order chi connectivity index (χ1) is 5.82. The largest absolute Gasteiger partial charge is 0.477 e. The average molecular weight is 221 g/mol. The molecule has 0 aliphatic carbocycles. The minimum absolute atomic E-state index is 0.0264. The molecule has 0 aliphatic heterocycles. The van der Waals surface area contributed by atoms with E-state index in [9.17, 15) is 13.2 Å². The van der Waals surface area contributed by atoms with Crippen LogP contribution in [0.4, 0.5) is 0 Å². The first-order valence-electron chi connectivity index (χ1n) is 3.19. The Labute approximate surface area is 78.9 Å². The number of aromatic carboxylic acids is 1. The first-order valence-corrected chi connectivity index (χ1v) is 5.55. The van der Waals surface area contributed by atoms with Crippen molar-refractivity contribution in [1.29, 1.82) is 0 Å². The molecule has 0 saturated heterocycles. The predicted molar refractivity (Wildman–Crippen MR) is 47.4 cm³/mol. The molecule has 7 heteroatoms. The third-order valence-corrected chi connectivity index (χ3v) is 4.15. The second-order valence-electron chi connectivity index (χ2n) is 2.43. The molecule has 1 rings (SSSR count). The lowest BCUT2D eigenvalue weighted by Crippen LogP contribution is -2.11. The molecule has 1 aromatic rings. The summed E-state index contributed by atoms with van der Waals surface area (Å²) in [4.78, 5) is 10.4. The van der Waals surface area contributed by atoms with E-state index in [0.29, 0.717) is 16.9 Å². The van der Waals surface area contributed by atoms with Gasteiger partial charge in [0.1, 0.15) is 9.09 Å². The zero-order valence-corrected chi connectivity index (χ0v) is 8.28. The Morgan fingerprint density at radius 1 is 1.62 bits per heavy atom. The van der Waals surface area contributed by atoms with Crippen LogP contribution in [0.15, 0.2) is 10.3 Å². The van der Waals surface area contributed by atoms with Gasteiger partial charge in [0.05, 0.1) is 0 Å². The van der Waals surface area contributed by atoms with Crippen molar-refractivity contribution in [2.24, 2.45) is 5.14 Å². The van der Waals surface area contributed by atoms with Gasteiger partial charge in [-0.05, 0) is 18.6 Å². The monoisotopic (exact) mass is 221 g/mol. The van der Waals surface area contributed by atoms with Gasteiger partial charge in [0.2, 0.25) is 10.0 Å². The van der Waals surface area contributed by atoms with E-state index in [1.807, 2.05) is 0 Å². The molecule has 0 amide bonds. The molecule has 0 radical (unpaired) electrons. The molecule has 0 saturated carbocycles. The number of hydrogen-bond acceptors (Lipinski definition) is 4.